The van der Waals surface area contributed by atoms with Crippen molar-refractivity contribution in [2.24, 2.45) is 5.92 Å². The predicted octanol–water partition coefficient (Wildman–Crippen LogP) is 1.34. The minimum Gasteiger partial charge on any atom is -0.497 e. The van der Waals surface area contributed by atoms with Gasteiger partial charge < -0.3 is 15.0 Å². The van der Waals surface area contributed by atoms with Crippen LogP contribution in [-0.4, -0.2) is 32.1 Å². The molecule has 0 radical (unpaired) electrons. The number of quaternary nitrogens is 1. The first-order valence-corrected chi connectivity index (χ1v) is 7.39. The van der Waals surface area contributed by atoms with Crippen molar-refractivity contribution in [1.82, 2.24) is 0 Å². The number of hydrogen-bond acceptors (Lipinski definition) is 2. The minimum absolute atomic E-state index is 0.00583. The summed E-state index contributed by atoms with van der Waals surface area (Å²) in [5, 5.41) is 2.99. The van der Waals surface area contributed by atoms with Crippen LogP contribution < -0.4 is 15.0 Å². The maximum Gasteiger partial charge on any atom is 0.282 e. The summed E-state index contributed by atoms with van der Waals surface area (Å²) in [6.07, 6.45) is 2.43. The Morgan fingerprint density at radius 2 is 2.10 bits per heavy atom. The summed E-state index contributed by atoms with van der Waals surface area (Å²) in [5.41, 5.74) is 0.797. The van der Waals surface area contributed by atoms with Crippen LogP contribution in [0.2, 0.25) is 0 Å². The molecule has 1 fully saturated rings. The highest BCUT2D eigenvalue weighted by Crippen LogP contribution is 2.16. The molecule has 0 saturated carbocycles. The van der Waals surface area contributed by atoms with Crippen LogP contribution in [-0.2, 0) is 4.79 Å². The highest BCUT2D eigenvalue weighted by Gasteiger charge is 2.28. The van der Waals surface area contributed by atoms with E-state index in [0.717, 1.165) is 30.4 Å². The number of nitrogens with one attached hydrogen (secondary N) is 2. The summed E-state index contributed by atoms with van der Waals surface area (Å²) in [7, 11) is 1.63. The smallest absolute Gasteiger partial charge is 0.282 e. The summed E-state index contributed by atoms with van der Waals surface area (Å²) in [6.45, 7) is 6.49. The average Bonchev–Trinajstić information content (AvgIpc) is 2.47. The van der Waals surface area contributed by atoms with Crippen molar-refractivity contribution >= 4 is 11.6 Å². The Hall–Kier alpha value is -1.55. The summed E-state index contributed by atoms with van der Waals surface area (Å²) in [4.78, 5) is 13.7. The Balaban J connectivity index is 1.93. The molecular weight excluding hydrogens is 252 g/mol. The maximum absolute atomic E-state index is 12.3. The number of ether oxygens (including phenoxy) is 1. The van der Waals surface area contributed by atoms with Gasteiger partial charge in [-0.25, -0.2) is 0 Å². The zero-order chi connectivity index (χ0) is 14.5. The first kappa shape index (κ1) is 14.9. The fourth-order valence-electron chi connectivity index (χ4n) is 2.70. The van der Waals surface area contributed by atoms with Crippen LogP contribution in [0.25, 0.3) is 0 Å². The third-order valence-electron chi connectivity index (χ3n) is 4.26. The Kier molecular flexibility index (Phi) is 5.01. The predicted molar refractivity (Wildman–Crippen MR) is 80.2 cm³/mol. The van der Waals surface area contributed by atoms with E-state index in [2.05, 4.69) is 12.2 Å². The van der Waals surface area contributed by atoms with Crippen molar-refractivity contribution < 1.29 is 14.4 Å². The number of carbonyl (C=O) groups excluding carboxylic acids is 1. The molecule has 4 nitrogen and oxygen atoms in total. The molecule has 0 spiro atoms. The Labute approximate surface area is 121 Å². The monoisotopic (exact) mass is 277 g/mol. The second-order valence-corrected chi connectivity index (χ2v) is 5.78. The van der Waals surface area contributed by atoms with Gasteiger partial charge in [0.2, 0.25) is 0 Å². The number of amides is 1. The molecule has 2 N–H and O–H groups in total. The van der Waals surface area contributed by atoms with Gasteiger partial charge in [0, 0.05) is 11.8 Å². The zero-order valence-corrected chi connectivity index (χ0v) is 12.6. The molecule has 1 aliphatic heterocycles. The second-order valence-electron chi connectivity index (χ2n) is 5.78. The normalized spacial score (nSPS) is 23.9. The van der Waals surface area contributed by atoms with Crippen molar-refractivity contribution in [2.45, 2.75) is 32.7 Å². The lowest BCUT2D eigenvalue weighted by Crippen LogP contribution is -3.17. The molecule has 0 bridgehead atoms. The molecule has 0 unspecified atom stereocenters. The standard InChI is InChI=1S/C16H24N2O2/c1-12-7-9-18(10-8-12)13(2)16(19)17-14-5-4-6-15(11-14)20-3/h4-6,11-13H,7-10H2,1-3H3,(H,17,19)/p+1/t13-/m0/s1. The lowest BCUT2D eigenvalue weighted by Gasteiger charge is -2.31. The van der Waals surface area contributed by atoms with E-state index in [4.69, 9.17) is 4.74 Å². The molecule has 2 rings (SSSR count). The second kappa shape index (κ2) is 6.75. The van der Waals surface area contributed by atoms with Gasteiger partial charge in [0.05, 0.1) is 20.2 Å². The molecule has 20 heavy (non-hydrogen) atoms. The van der Waals surface area contributed by atoms with Crippen LogP contribution >= 0.6 is 0 Å². The van der Waals surface area contributed by atoms with Gasteiger partial charge in [0.25, 0.3) is 5.91 Å². The van der Waals surface area contributed by atoms with Gasteiger partial charge in [0.15, 0.2) is 6.04 Å². The summed E-state index contributed by atoms with van der Waals surface area (Å²) in [6, 6.07) is 7.48. The van der Waals surface area contributed by atoms with E-state index in [0.29, 0.717) is 0 Å². The number of anilines is 1. The third kappa shape index (κ3) is 3.73. The molecule has 1 heterocycles. The molecule has 110 valence electrons. The number of rotatable bonds is 4. The molecule has 4 heteroatoms. The molecule has 1 aromatic carbocycles. The van der Waals surface area contributed by atoms with Crippen molar-refractivity contribution in [3.63, 3.8) is 0 Å². The van der Waals surface area contributed by atoms with Gasteiger partial charge in [-0.3, -0.25) is 4.79 Å². The molecule has 0 aromatic heterocycles. The average molecular weight is 277 g/mol. The van der Waals surface area contributed by atoms with Crippen molar-refractivity contribution in [2.75, 3.05) is 25.5 Å². The minimum atomic E-state index is -0.00583. The number of piperidine rings is 1. The van der Waals surface area contributed by atoms with Gasteiger partial charge in [-0.2, -0.15) is 0 Å². The van der Waals surface area contributed by atoms with E-state index < -0.39 is 0 Å². The fraction of sp³-hybridized carbons (Fsp3) is 0.562. The van der Waals surface area contributed by atoms with E-state index in [-0.39, 0.29) is 11.9 Å². The third-order valence-corrected chi connectivity index (χ3v) is 4.26. The molecule has 1 saturated heterocycles. The zero-order valence-electron chi connectivity index (χ0n) is 12.6. The highest BCUT2D eigenvalue weighted by atomic mass is 16.5. The Bertz CT molecular complexity index is 454. The first-order valence-electron chi connectivity index (χ1n) is 7.39. The molecule has 1 aromatic rings. The van der Waals surface area contributed by atoms with E-state index in [1.807, 2.05) is 31.2 Å². The molecule has 0 aliphatic carbocycles. The van der Waals surface area contributed by atoms with Gasteiger partial charge in [0.1, 0.15) is 5.75 Å². The van der Waals surface area contributed by atoms with Crippen molar-refractivity contribution in [1.29, 1.82) is 0 Å². The van der Waals surface area contributed by atoms with Crippen LogP contribution in [0.1, 0.15) is 26.7 Å². The van der Waals surface area contributed by atoms with Gasteiger partial charge in [-0.1, -0.05) is 13.0 Å². The number of hydrogen-bond donors (Lipinski definition) is 2. The van der Waals surface area contributed by atoms with Crippen LogP contribution in [0.5, 0.6) is 5.75 Å². The van der Waals surface area contributed by atoms with Crippen LogP contribution in [0, 0.1) is 5.92 Å². The SMILES string of the molecule is COc1cccc(NC(=O)[C@H](C)[NH+]2CCC(C)CC2)c1. The number of likely N-dealkylation sites (tertiary alicyclic amines) is 1. The van der Waals surface area contributed by atoms with Crippen molar-refractivity contribution in [3.05, 3.63) is 24.3 Å². The van der Waals surface area contributed by atoms with E-state index in [1.54, 1.807) is 7.11 Å². The highest BCUT2D eigenvalue weighted by molar-refractivity contribution is 5.93. The molecule has 1 amide bonds. The Morgan fingerprint density at radius 3 is 2.75 bits per heavy atom. The van der Waals surface area contributed by atoms with Crippen LogP contribution in [0.3, 0.4) is 0 Å². The molecular formula is C16H25N2O2+. The Morgan fingerprint density at radius 1 is 1.40 bits per heavy atom. The molecule has 1 aliphatic rings. The topological polar surface area (TPSA) is 42.8 Å². The molecule has 1 atom stereocenters. The van der Waals surface area contributed by atoms with Crippen molar-refractivity contribution in [3.8, 4) is 5.75 Å². The lowest BCUT2D eigenvalue weighted by atomic mass is 9.98. The van der Waals surface area contributed by atoms with Gasteiger partial charge in [-0.05, 0) is 37.8 Å². The van der Waals surface area contributed by atoms with E-state index >= 15 is 0 Å². The fourth-order valence-corrected chi connectivity index (χ4v) is 2.70. The van der Waals surface area contributed by atoms with Crippen LogP contribution in [0.15, 0.2) is 24.3 Å². The van der Waals surface area contributed by atoms with E-state index in [9.17, 15) is 4.79 Å². The number of benzene rings is 1. The largest absolute Gasteiger partial charge is 0.497 e. The summed E-state index contributed by atoms with van der Waals surface area (Å²) < 4.78 is 5.17. The quantitative estimate of drug-likeness (QED) is 0.872. The van der Waals surface area contributed by atoms with Gasteiger partial charge in [-0.15, -0.1) is 0 Å². The number of carbonyl (C=O) groups is 1. The summed E-state index contributed by atoms with van der Waals surface area (Å²) >= 11 is 0. The number of methoxy groups -OCH3 is 1. The maximum atomic E-state index is 12.3. The lowest BCUT2D eigenvalue weighted by molar-refractivity contribution is -0.919. The summed E-state index contributed by atoms with van der Waals surface area (Å²) in [5.74, 6) is 1.64. The van der Waals surface area contributed by atoms with Gasteiger partial charge >= 0.3 is 0 Å². The van der Waals surface area contributed by atoms with Crippen LogP contribution in [0.4, 0.5) is 5.69 Å². The first-order chi connectivity index (χ1) is 9.60. The van der Waals surface area contributed by atoms with E-state index in [1.165, 1.54) is 17.7 Å².